The number of rotatable bonds is 8. The maximum absolute atomic E-state index is 12.8. The van der Waals surface area contributed by atoms with Gasteiger partial charge in [0, 0.05) is 13.6 Å². The van der Waals surface area contributed by atoms with E-state index in [1.54, 1.807) is 27.1 Å². The predicted octanol–water partition coefficient (Wildman–Crippen LogP) is 2.55. The Morgan fingerprint density at radius 1 is 1.11 bits per heavy atom. The van der Waals surface area contributed by atoms with Crippen molar-refractivity contribution >= 4 is 11.8 Å². The number of carbonyl (C=O) groups is 2. The lowest BCUT2D eigenvalue weighted by Gasteiger charge is -2.28. The minimum absolute atomic E-state index is 0.144. The zero-order valence-electron chi connectivity index (χ0n) is 16.2. The van der Waals surface area contributed by atoms with E-state index in [1.807, 2.05) is 49.4 Å². The fourth-order valence-electron chi connectivity index (χ4n) is 2.69. The summed E-state index contributed by atoms with van der Waals surface area (Å²) in [6.45, 7) is 3.79. The molecule has 0 heterocycles. The van der Waals surface area contributed by atoms with E-state index in [0.717, 1.165) is 11.1 Å². The molecule has 0 fully saturated rings. The fraction of sp³-hybridized carbons (Fsp3) is 0.333. The summed E-state index contributed by atoms with van der Waals surface area (Å²) in [5.41, 5.74) is 1.92. The van der Waals surface area contributed by atoms with Crippen molar-refractivity contribution < 1.29 is 19.1 Å². The number of hydrogen-bond acceptors (Lipinski definition) is 4. The van der Waals surface area contributed by atoms with E-state index in [-0.39, 0.29) is 25.0 Å². The lowest BCUT2D eigenvalue weighted by atomic mass is 10.1. The van der Waals surface area contributed by atoms with Crippen LogP contribution in [0.4, 0.5) is 0 Å². The molecule has 0 aliphatic heterocycles. The normalized spacial score (nSPS) is 11.4. The lowest BCUT2D eigenvalue weighted by Crippen LogP contribution is -2.48. The van der Waals surface area contributed by atoms with Crippen molar-refractivity contribution in [3.8, 4) is 11.5 Å². The van der Waals surface area contributed by atoms with Crippen LogP contribution in [0.1, 0.15) is 18.1 Å². The van der Waals surface area contributed by atoms with Gasteiger partial charge >= 0.3 is 0 Å². The number of methoxy groups -OCH3 is 1. The lowest BCUT2D eigenvalue weighted by molar-refractivity contribution is -0.142. The zero-order valence-corrected chi connectivity index (χ0v) is 16.2. The van der Waals surface area contributed by atoms with E-state index in [4.69, 9.17) is 9.47 Å². The zero-order chi connectivity index (χ0) is 19.8. The molecule has 0 saturated heterocycles. The Balaban J connectivity index is 2.15. The van der Waals surface area contributed by atoms with Crippen LogP contribution in [0.5, 0.6) is 11.5 Å². The number of benzene rings is 2. The van der Waals surface area contributed by atoms with Gasteiger partial charge in [-0.05, 0) is 49.2 Å². The van der Waals surface area contributed by atoms with Gasteiger partial charge in [-0.15, -0.1) is 0 Å². The van der Waals surface area contributed by atoms with Crippen LogP contribution in [-0.2, 0) is 16.1 Å². The van der Waals surface area contributed by atoms with Crippen molar-refractivity contribution in [2.24, 2.45) is 0 Å². The summed E-state index contributed by atoms with van der Waals surface area (Å²) in [5.74, 6) is 0.818. The Morgan fingerprint density at radius 3 is 2.48 bits per heavy atom. The van der Waals surface area contributed by atoms with Gasteiger partial charge in [-0.1, -0.05) is 24.3 Å². The Bertz CT molecular complexity index is 791. The van der Waals surface area contributed by atoms with Crippen LogP contribution in [0, 0.1) is 6.92 Å². The summed E-state index contributed by atoms with van der Waals surface area (Å²) in [5, 5.41) is 2.59. The molecule has 144 valence electrons. The van der Waals surface area contributed by atoms with Gasteiger partial charge in [0.2, 0.25) is 5.91 Å². The van der Waals surface area contributed by atoms with Gasteiger partial charge in [0.15, 0.2) is 6.61 Å². The average Bonchev–Trinajstić information content (AvgIpc) is 2.69. The van der Waals surface area contributed by atoms with Crippen molar-refractivity contribution in [1.29, 1.82) is 0 Å². The molecule has 6 nitrogen and oxygen atoms in total. The van der Waals surface area contributed by atoms with E-state index in [2.05, 4.69) is 5.32 Å². The molecule has 1 atom stereocenters. The molecular weight excluding hydrogens is 344 g/mol. The summed E-state index contributed by atoms with van der Waals surface area (Å²) in [6, 6.07) is 14.3. The molecule has 2 aromatic rings. The van der Waals surface area contributed by atoms with Crippen LogP contribution in [0.25, 0.3) is 0 Å². The SMILES string of the molecule is CNC(=O)[C@@H](C)N(Cc1cccc(OC)c1)C(=O)COc1cccc(C)c1. The largest absolute Gasteiger partial charge is 0.497 e. The molecule has 27 heavy (non-hydrogen) atoms. The van der Waals surface area contributed by atoms with E-state index < -0.39 is 6.04 Å². The number of hydrogen-bond donors (Lipinski definition) is 1. The quantitative estimate of drug-likeness (QED) is 0.775. The molecule has 0 radical (unpaired) electrons. The third-order valence-electron chi connectivity index (χ3n) is 4.25. The van der Waals surface area contributed by atoms with E-state index in [0.29, 0.717) is 11.5 Å². The summed E-state index contributed by atoms with van der Waals surface area (Å²) in [4.78, 5) is 26.4. The molecule has 0 aromatic heterocycles. The number of amides is 2. The van der Waals surface area contributed by atoms with E-state index >= 15 is 0 Å². The van der Waals surface area contributed by atoms with Crippen LogP contribution in [0.3, 0.4) is 0 Å². The highest BCUT2D eigenvalue weighted by molar-refractivity contribution is 5.87. The van der Waals surface area contributed by atoms with E-state index in [1.165, 1.54) is 4.90 Å². The number of aryl methyl sites for hydroxylation is 1. The van der Waals surface area contributed by atoms with Gasteiger partial charge in [-0.3, -0.25) is 9.59 Å². The monoisotopic (exact) mass is 370 g/mol. The Labute approximate surface area is 160 Å². The van der Waals surface area contributed by atoms with Crippen LogP contribution in [0.2, 0.25) is 0 Å². The Hall–Kier alpha value is -3.02. The maximum atomic E-state index is 12.8. The third-order valence-corrected chi connectivity index (χ3v) is 4.25. The molecule has 1 N–H and O–H groups in total. The molecule has 0 spiro atoms. The molecule has 0 bridgehead atoms. The number of nitrogens with zero attached hydrogens (tertiary/aromatic N) is 1. The van der Waals surface area contributed by atoms with Crippen molar-refractivity contribution in [3.05, 3.63) is 59.7 Å². The number of nitrogens with one attached hydrogen (secondary N) is 1. The third kappa shape index (κ3) is 5.74. The molecule has 2 amide bonds. The van der Waals surface area contributed by atoms with Crippen molar-refractivity contribution in [3.63, 3.8) is 0 Å². The fourth-order valence-corrected chi connectivity index (χ4v) is 2.69. The first-order valence-electron chi connectivity index (χ1n) is 8.78. The molecule has 0 aliphatic carbocycles. The summed E-state index contributed by atoms with van der Waals surface area (Å²) in [6.07, 6.45) is 0. The summed E-state index contributed by atoms with van der Waals surface area (Å²) in [7, 11) is 3.14. The van der Waals surface area contributed by atoms with E-state index in [9.17, 15) is 9.59 Å². The van der Waals surface area contributed by atoms with Gasteiger partial charge < -0.3 is 19.7 Å². The average molecular weight is 370 g/mol. The van der Waals surface area contributed by atoms with Crippen molar-refractivity contribution in [2.75, 3.05) is 20.8 Å². The molecule has 0 aliphatic rings. The topological polar surface area (TPSA) is 67.9 Å². The Morgan fingerprint density at radius 2 is 1.81 bits per heavy atom. The first kappa shape index (κ1) is 20.3. The van der Waals surface area contributed by atoms with Gasteiger partial charge in [0.25, 0.3) is 5.91 Å². The highest BCUT2D eigenvalue weighted by Crippen LogP contribution is 2.17. The second kappa shape index (κ2) is 9.62. The van der Waals surface area contributed by atoms with Crippen LogP contribution in [0.15, 0.2) is 48.5 Å². The van der Waals surface area contributed by atoms with Crippen LogP contribution < -0.4 is 14.8 Å². The molecule has 0 saturated carbocycles. The van der Waals surface area contributed by atoms with Gasteiger partial charge in [-0.25, -0.2) is 0 Å². The summed E-state index contributed by atoms with van der Waals surface area (Å²) >= 11 is 0. The van der Waals surface area contributed by atoms with Crippen LogP contribution in [-0.4, -0.2) is 43.5 Å². The molecular formula is C21H26N2O4. The first-order valence-corrected chi connectivity index (χ1v) is 8.78. The summed E-state index contributed by atoms with van der Waals surface area (Å²) < 4.78 is 10.9. The second-order valence-electron chi connectivity index (χ2n) is 6.27. The number of likely N-dealkylation sites (N-methyl/N-ethyl adjacent to an activating group) is 1. The van der Waals surface area contributed by atoms with Gasteiger partial charge in [0.05, 0.1) is 7.11 Å². The molecule has 6 heteroatoms. The van der Waals surface area contributed by atoms with Gasteiger partial charge in [0.1, 0.15) is 17.5 Å². The highest BCUT2D eigenvalue weighted by Gasteiger charge is 2.26. The standard InChI is InChI=1S/C21H26N2O4/c1-15-7-5-10-19(11-15)27-14-20(24)23(16(2)21(25)22-3)13-17-8-6-9-18(12-17)26-4/h5-12,16H,13-14H2,1-4H3,(H,22,25)/t16-/m1/s1. The number of carbonyl (C=O) groups excluding carboxylic acids is 2. The first-order chi connectivity index (χ1) is 12.9. The smallest absolute Gasteiger partial charge is 0.261 e. The minimum Gasteiger partial charge on any atom is -0.497 e. The molecule has 0 unspecified atom stereocenters. The molecule has 2 rings (SSSR count). The number of ether oxygens (including phenoxy) is 2. The highest BCUT2D eigenvalue weighted by atomic mass is 16.5. The second-order valence-corrected chi connectivity index (χ2v) is 6.27. The maximum Gasteiger partial charge on any atom is 0.261 e. The predicted molar refractivity (Wildman–Crippen MR) is 104 cm³/mol. The Kier molecular flexibility index (Phi) is 7.23. The van der Waals surface area contributed by atoms with Gasteiger partial charge in [-0.2, -0.15) is 0 Å². The van der Waals surface area contributed by atoms with Crippen molar-refractivity contribution in [2.45, 2.75) is 26.4 Å². The van der Waals surface area contributed by atoms with Crippen LogP contribution >= 0.6 is 0 Å². The minimum atomic E-state index is -0.630. The molecule has 2 aromatic carbocycles. The van der Waals surface area contributed by atoms with Crippen molar-refractivity contribution in [1.82, 2.24) is 10.2 Å².